The molecule has 3 nitrogen and oxygen atoms in total. The lowest BCUT2D eigenvalue weighted by atomic mass is 9.98. The van der Waals surface area contributed by atoms with Crippen molar-refractivity contribution in [3.8, 4) is 0 Å². The van der Waals surface area contributed by atoms with E-state index in [2.05, 4.69) is 15.9 Å². The van der Waals surface area contributed by atoms with Crippen LogP contribution in [0.3, 0.4) is 0 Å². The molecule has 2 rings (SSSR count). The van der Waals surface area contributed by atoms with Gasteiger partial charge in [0.1, 0.15) is 5.82 Å². The highest BCUT2D eigenvalue weighted by atomic mass is 79.9. The first kappa shape index (κ1) is 14.5. The summed E-state index contributed by atoms with van der Waals surface area (Å²) in [6.07, 6.45) is 2.07. The third kappa shape index (κ3) is 3.76. The number of nitrogens with zero attached hydrogens (tertiary/aromatic N) is 1. The van der Waals surface area contributed by atoms with Gasteiger partial charge in [-0.3, -0.25) is 4.79 Å². The molecular formula is C14H17BrFNO2. The lowest BCUT2D eigenvalue weighted by Crippen LogP contribution is -2.41. The highest BCUT2D eigenvalue weighted by Gasteiger charge is 2.23. The first-order chi connectivity index (χ1) is 9.10. The minimum Gasteiger partial charge on any atom is -0.396 e. The summed E-state index contributed by atoms with van der Waals surface area (Å²) >= 11 is 3.33. The maximum absolute atomic E-state index is 13.2. The largest absolute Gasteiger partial charge is 0.396 e. The molecule has 1 aromatic rings. The Morgan fingerprint density at radius 3 is 3.05 bits per heavy atom. The molecule has 1 aromatic carbocycles. The third-order valence-electron chi connectivity index (χ3n) is 3.48. The van der Waals surface area contributed by atoms with Crippen molar-refractivity contribution in [2.24, 2.45) is 5.92 Å². The van der Waals surface area contributed by atoms with E-state index < -0.39 is 0 Å². The maximum atomic E-state index is 13.2. The second-order valence-electron chi connectivity index (χ2n) is 4.94. The molecule has 0 radical (unpaired) electrons. The number of hydrogen-bond donors (Lipinski definition) is 1. The molecule has 1 N–H and O–H groups in total. The Morgan fingerprint density at radius 1 is 1.53 bits per heavy atom. The predicted molar refractivity (Wildman–Crippen MR) is 74.2 cm³/mol. The van der Waals surface area contributed by atoms with Crippen molar-refractivity contribution >= 4 is 21.8 Å². The molecule has 1 atom stereocenters. The van der Waals surface area contributed by atoms with Crippen molar-refractivity contribution in [2.75, 3.05) is 19.7 Å². The van der Waals surface area contributed by atoms with Crippen LogP contribution >= 0.6 is 15.9 Å². The fourth-order valence-electron chi connectivity index (χ4n) is 2.39. The number of aliphatic hydroxyl groups excluding tert-OH is 1. The van der Waals surface area contributed by atoms with E-state index in [4.69, 9.17) is 5.11 Å². The van der Waals surface area contributed by atoms with Gasteiger partial charge in [0.15, 0.2) is 0 Å². The van der Waals surface area contributed by atoms with Gasteiger partial charge in [0.25, 0.3) is 0 Å². The minimum absolute atomic E-state index is 0.00977. The standard InChI is InChI=1S/C14H17BrFNO2/c15-13-4-3-12(16)6-11(13)7-14(19)17-5-1-2-10(8-17)9-18/h3-4,6,10,18H,1-2,5,7-9H2. The van der Waals surface area contributed by atoms with Crippen LogP contribution in [-0.4, -0.2) is 35.6 Å². The van der Waals surface area contributed by atoms with Gasteiger partial charge in [0.05, 0.1) is 6.42 Å². The number of halogens is 2. The summed E-state index contributed by atoms with van der Waals surface area (Å²) in [5.74, 6) is -0.170. The van der Waals surface area contributed by atoms with Crippen LogP contribution in [0.5, 0.6) is 0 Å². The van der Waals surface area contributed by atoms with E-state index >= 15 is 0 Å². The average Bonchev–Trinajstić information content (AvgIpc) is 2.43. The molecule has 0 aliphatic carbocycles. The van der Waals surface area contributed by atoms with Crippen LogP contribution < -0.4 is 0 Å². The maximum Gasteiger partial charge on any atom is 0.227 e. The van der Waals surface area contributed by atoms with E-state index in [9.17, 15) is 9.18 Å². The van der Waals surface area contributed by atoms with Gasteiger partial charge in [0.2, 0.25) is 5.91 Å². The summed E-state index contributed by atoms with van der Waals surface area (Å²) in [7, 11) is 0. The number of benzene rings is 1. The van der Waals surface area contributed by atoms with Crippen molar-refractivity contribution in [3.63, 3.8) is 0 Å². The molecule has 1 fully saturated rings. The normalized spacial score (nSPS) is 19.5. The van der Waals surface area contributed by atoms with Crippen LogP contribution in [0.15, 0.2) is 22.7 Å². The molecule has 0 bridgehead atoms. The number of amides is 1. The molecule has 0 spiro atoms. The molecule has 0 saturated carbocycles. The Labute approximate surface area is 120 Å². The van der Waals surface area contributed by atoms with Crippen LogP contribution in [0, 0.1) is 11.7 Å². The molecular weight excluding hydrogens is 313 g/mol. The van der Waals surface area contributed by atoms with E-state index in [1.54, 1.807) is 11.0 Å². The van der Waals surface area contributed by atoms with Crippen molar-refractivity contribution < 1.29 is 14.3 Å². The zero-order valence-electron chi connectivity index (χ0n) is 10.6. The highest BCUT2D eigenvalue weighted by Crippen LogP contribution is 2.21. The summed E-state index contributed by atoms with van der Waals surface area (Å²) in [6.45, 7) is 1.44. The molecule has 19 heavy (non-hydrogen) atoms. The van der Waals surface area contributed by atoms with E-state index in [-0.39, 0.29) is 30.7 Å². The van der Waals surface area contributed by atoms with E-state index in [1.807, 2.05) is 0 Å². The summed E-state index contributed by atoms with van der Waals surface area (Å²) in [5.41, 5.74) is 0.663. The molecule has 1 aliphatic heterocycles. The zero-order valence-corrected chi connectivity index (χ0v) is 12.2. The summed E-state index contributed by atoms with van der Waals surface area (Å²) in [4.78, 5) is 14.0. The van der Waals surface area contributed by atoms with Gasteiger partial charge in [-0.25, -0.2) is 4.39 Å². The minimum atomic E-state index is -0.335. The second-order valence-corrected chi connectivity index (χ2v) is 5.80. The van der Waals surface area contributed by atoms with Crippen LogP contribution in [0.1, 0.15) is 18.4 Å². The van der Waals surface area contributed by atoms with Crippen LogP contribution in [-0.2, 0) is 11.2 Å². The van der Waals surface area contributed by atoms with Crippen LogP contribution in [0.2, 0.25) is 0 Å². The quantitative estimate of drug-likeness (QED) is 0.924. The van der Waals surface area contributed by atoms with Gasteiger partial charge in [0, 0.05) is 24.2 Å². The Morgan fingerprint density at radius 2 is 2.32 bits per heavy atom. The molecule has 1 saturated heterocycles. The molecule has 104 valence electrons. The Hall–Kier alpha value is -0.940. The lowest BCUT2D eigenvalue weighted by molar-refractivity contribution is -0.132. The number of piperidine rings is 1. The molecule has 1 heterocycles. The molecule has 1 amide bonds. The average molecular weight is 330 g/mol. The summed E-state index contributed by atoms with van der Waals surface area (Å²) in [5, 5.41) is 9.17. The Balaban J connectivity index is 2.02. The number of aliphatic hydroxyl groups is 1. The number of hydrogen-bond acceptors (Lipinski definition) is 2. The van der Waals surface area contributed by atoms with Gasteiger partial charge in [-0.2, -0.15) is 0 Å². The summed E-state index contributed by atoms with van der Waals surface area (Å²) < 4.78 is 13.9. The smallest absolute Gasteiger partial charge is 0.227 e. The number of rotatable bonds is 3. The third-order valence-corrected chi connectivity index (χ3v) is 4.25. The number of carbonyl (C=O) groups is 1. The first-order valence-electron chi connectivity index (χ1n) is 6.42. The van der Waals surface area contributed by atoms with Gasteiger partial charge in [-0.1, -0.05) is 15.9 Å². The van der Waals surface area contributed by atoms with Gasteiger partial charge >= 0.3 is 0 Å². The van der Waals surface area contributed by atoms with E-state index in [0.717, 1.165) is 23.9 Å². The van der Waals surface area contributed by atoms with Crippen molar-refractivity contribution in [3.05, 3.63) is 34.1 Å². The van der Waals surface area contributed by atoms with E-state index in [1.165, 1.54) is 12.1 Å². The SMILES string of the molecule is O=C(Cc1cc(F)ccc1Br)N1CCCC(CO)C1. The predicted octanol–water partition coefficient (Wildman–Crippen LogP) is 2.36. The van der Waals surface area contributed by atoms with Crippen molar-refractivity contribution in [2.45, 2.75) is 19.3 Å². The highest BCUT2D eigenvalue weighted by molar-refractivity contribution is 9.10. The Bertz CT molecular complexity index is 467. The van der Waals surface area contributed by atoms with Crippen molar-refractivity contribution in [1.82, 2.24) is 4.90 Å². The van der Waals surface area contributed by atoms with Crippen LogP contribution in [0.4, 0.5) is 4.39 Å². The summed E-state index contributed by atoms with van der Waals surface area (Å²) in [6, 6.07) is 4.36. The Kier molecular flexibility index (Phi) is 4.93. The molecule has 0 aromatic heterocycles. The van der Waals surface area contributed by atoms with Gasteiger partial charge < -0.3 is 10.0 Å². The fourth-order valence-corrected chi connectivity index (χ4v) is 2.78. The van der Waals surface area contributed by atoms with Crippen molar-refractivity contribution in [1.29, 1.82) is 0 Å². The monoisotopic (exact) mass is 329 g/mol. The van der Waals surface area contributed by atoms with E-state index in [0.29, 0.717) is 12.1 Å². The first-order valence-corrected chi connectivity index (χ1v) is 7.22. The second kappa shape index (κ2) is 6.48. The van der Waals surface area contributed by atoms with Gasteiger partial charge in [-0.05, 0) is 42.5 Å². The zero-order chi connectivity index (χ0) is 13.8. The molecule has 1 aliphatic rings. The van der Waals surface area contributed by atoms with Crippen LogP contribution in [0.25, 0.3) is 0 Å². The lowest BCUT2D eigenvalue weighted by Gasteiger charge is -2.32. The topological polar surface area (TPSA) is 40.5 Å². The van der Waals surface area contributed by atoms with Gasteiger partial charge in [-0.15, -0.1) is 0 Å². The number of likely N-dealkylation sites (tertiary alicyclic amines) is 1. The fraction of sp³-hybridized carbons (Fsp3) is 0.500. The number of carbonyl (C=O) groups excluding carboxylic acids is 1. The molecule has 5 heteroatoms. The molecule has 1 unspecified atom stereocenters.